The highest BCUT2D eigenvalue weighted by molar-refractivity contribution is 5.92. The number of hydrogen-bond acceptors (Lipinski definition) is 3. The number of rotatable bonds is 4. The molecule has 0 atom stereocenters. The zero-order valence-electron chi connectivity index (χ0n) is 13.2. The first-order valence-corrected chi connectivity index (χ1v) is 7.51. The maximum Gasteiger partial charge on any atom is 0.319 e. The number of nitrogens with one attached hydrogen (secondary N) is 2. The fraction of sp³-hybridized carbons (Fsp3) is 0.235. The van der Waals surface area contributed by atoms with Crippen LogP contribution in [-0.2, 0) is 13.5 Å². The van der Waals surface area contributed by atoms with Crippen molar-refractivity contribution >= 4 is 22.8 Å². The van der Waals surface area contributed by atoms with E-state index in [1.807, 2.05) is 50.4 Å². The zero-order chi connectivity index (χ0) is 16.2. The molecule has 2 N–H and O–H groups in total. The van der Waals surface area contributed by atoms with E-state index in [0.29, 0.717) is 12.2 Å². The summed E-state index contributed by atoms with van der Waals surface area (Å²) in [6.45, 7) is 2.51. The molecule has 0 unspecified atom stereocenters. The van der Waals surface area contributed by atoms with Crippen molar-refractivity contribution in [1.82, 2.24) is 20.1 Å². The van der Waals surface area contributed by atoms with Gasteiger partial charge in [0.1, 0.15) is 0 Å². The molecule has 2 amide bonds. The van der Waals surface area contributed by atoms with Crippen LogP contribution in [0.5, 0.6) is 0 Å². The summed E-state index contributed by atoms with van der Waals surface area (Å²) in [5.41, 5.74) is 3.55. The molecule has 6 nitrogen and oxygen atoms in total. The zero-order valence-corrected chi connectivity index (χ0v) is 13.2. The van der Waals surface area contributed by atoms with Crippen molar-refractivity contribution in [1.29, 1.82) is 0 Å². The summed E-state index contributed by atoms with van der Waals surface area (Å²) in [4.78, 5) is 16.3. The van der Waals surface area contributed by atoms with Crippen LogP contribution in [0.2, 0.25) is 0 Å². The molecular weight excluding hydrogens is 290 g/mol. The second-order valence-electron chi connectivity index (χ2n) is 5.42. The van der Waals surface area contributed by atoms with Crippen molar-refractivity contribution in [3.63, 3.8) is 0 Å². The van der Waals surface area contributed by atoms with Crippen LogP contribution in [0.3, 0.4) is 0 Å². The Kier molecular flexibility index (Phi) is 4.23. The minimum Gasteiger partial charge on any atom is -0.338 e. The maximum absolute atomic E-state index is 12.0. The van der Waals surface area contributed by atoms with Crippen LogP contribution in [0.1, 0.15) is 11.3 Å². The van der Waals surface area contributed by atoms with Gasteiger partial charge < -0.3 is 10.6 Å². The molecule has 118 valence electrons. The van der Waals surface area contributed by atoms with Gasteiger partial charge in [0.15, 0.2) is 5.65 Å². The first-order chi connectivity index (χ1) is 11.1. The van der Waals surface area contributed by atoms with Crippen LogP contribution in [0.15, 0.2) is 42.6 Å². The molecule has 0 aliphatic rings. The topological polar surface area (TPSA) is 71.8 Å². The van der Waals surface area contributed by atoms with Gasteiger partial charge in [-0.05, 0) is 25.0 Å². The third-order valence-electron chi connectivity index (χ3n) is 3.66. The molecule has 23 heavy (non-hydrogen) atoms. The summed E-state index contributed by atoms with van der Waals surface area (Å²) in [6, 6.07) is 11.7. The minimum absolute atomic E-state index is 0.233. The van der Waals surface area contributed by atoms with Crippen molar-refractivity contribution in [3.8, 4) is 0 Å². The standard InChI is InChI=1S/C17H19N5O/c1-12-15-10-14(11-19-16(15)22(2)21-12)20-17(23)18-9-8-13-6-4-3-5-7-13/h3-7,10-11H,8-9H2,1-2H3,(H2,18,20,23). The Labute approximate surface area is 134 Å². The number of pyridine rings is 1. The number of fused-ring (bicyclic) bond motifs is 1. The summed E-state index contributed by atoms with van der Waals surface area (Å²) in [6.07, 6.45) is 2.44. The maximum atomic E-state index is 12.0. The van der Waals surface area contributed by atoms with Gasteiger partial charge >= 0.3 is 6.03 Å². The fourth-order valence-corrected chi connectivity index (χ4v) is 2.52. The van der Waals surface area contributed by atoms with Crippen molar-refractivity contribution < 1.29 is 4.79 Å². The van der Waals surface area contributed by atoms with E-state index in [9.17, 15) is 4.79 Å². The Morgan fingerprint density at radius 1 is 1.26 bits per heavy atom. The lowest BCUT2D eigenvalue weighted by Crippen LogP contribution is -2.30. The van der Waals surface area contributed by atoms with E-state index >= 15 is 0 Å². The van der Waals surface area contributed by atoms with E-state index in [-0.39, 0.29) is 6.03 Å². The molecule has 1 aromatic carbocycles. The lowest BCUT2D eigenvalue weighted by atomic mass is 10.1. The second-order valence-corrected chi connectivity index (χ2v) is 5.42. The van der Waals surface area contributed by atoms with Crippen LogP contribution >= 0.6 is 0 Å². The second kappa shape index (κ2) is 6.48. The number of amides is 2. The summed E-state index contributed by atoms with van der Waals surface area (Å²) >= 11 is 0. The van der Waals surface area contributed by atoms with Gasteiger partial charge in [0.05, 0.1) is 17.6 Å². The van der Waals surface area contributed by atoms with E-state index in [0.717, 1.165) is 23.1 Å². The number of hydrogen-bond donors (Lipinski definition) is 2. The van der Waals surface area contributed by atoms with E-state index in [1.165, 1.54) is 5.56 Å². The molecule has 0 fully saturated rings. The third-order valence-corrected chi connectivity index (χ3v) is 3.66. The Morgan fingerprint density at radius 2 is 2.04 bits per heavy atom. The first kappa shape index (κ1) is 15.0. The molecule has 2 heterocycles. The molecule has 0 aliphatic heterocycles. The smallest absolute Gasteiger partial charge is 0.319 e. The van der Waals surface area contributed by atoms with E-state index < -0.39 is 0 Å². The molecule has 0 radical (unpaired) electrons. The lowest BCUT2D eigenvalue weighted by molar-refractivity contribution is 0.252. The van der Waals surface area contributed by atoms with Gasteiger partial charge in [-0.25, -0.2) is 9.78 Å². The van der Waals surface area contributed by atoms with E-state index in [4.69, 9.17) is 0 Å². The van der Waals surface area contributed by atoms with Gasteiger partial charge in [0.2, 0.25) is 0 Å². The predicted octanol–water partition coefficient (Wildman–Crippen LogP) is 2.64. The van der Waals surface area contributed by atoms with Crippen molar-refractivity contribution in [2.75, 3.05) is 11.9 Å². The SMILES string of the molecule is Cc1nn(C)c2ncc(NC(=O)NCCc3ccccc3)cc12. The molecule has 0 spiro atoms. The lowest BCUT2D eigenvalue weighted by Gasteiger charge is -2.07. The average Bonchev–Trinajstić information content (AvgIpc) is 2.83. The summed E-state index contributed by atoms with van der Waals surface area (Å²) in [5.74, 6) is 0. The van der Waals surface area contributed by atoms with Gasteiger partial charge in [0.25, 0.3) is 0 Å². The number of anilines is 1. The van der Waals surface area contributed by atoms with Crippen LogP contribution in [-0.4, -0.2) is 27.3 Å². The van der Waals surface area contributed by atoms with Crippen LogP contribution in [0.4, 0.5) is 10.5 Å². The third kappa shape index (κ3) is 3.48. The Morgan fingerprint density at radius 3 is 2.83 bits per heavy atom. The average molecular weight is 309 g/mol. The number of urea groups is 1. The quantitative estimate of drug-likeness (QED) is 0.778. The summed E-state index contributed by atoms with van der Waals surface area (Å²) in [5, 5.41) is 10.9. The highest BCUT2D eigenvalue weighted by atomic mass is 16.2. The van der Waals surface area contributed by atoms with Crippen LogP contribution in [0, 0.1) is 6.92 Å². The van der Waals surface area contributed by atoms with Crippen LogP contribution in [0.25, 0.3) is 11.0 Å². The number of carbonyl (C=O) groups is 1. The molecule has 2 aromatic heterocycles. The van der Waals surface area contributed by atoms with Crippen molar-refractivity contribution in [3.05, 3.63) is 53.9 Å². The predicted molar refractivity (Wildman–Crippen MR) is 90.4 cm³/mol. The summed E-state index contributed by atoms with van der Waals surface area (Å²) < 4.78 is 1.73. The van der Waals surface area contributed by atoms with Gasteiger partial charge in [-0.1, -0.05) is 30.3 Å². The van der Waals surface area contributed by atoms with E-state index in [2.05, 4.69) is 20.7 Å². The van der Waals surface area contributed by atoms with Gasteiger partial charge in [-0.3, -0.25) is 4.68 Å². The van der Waals surface area contributed by atoms with Gasteiger partial charge in [0, 0.05) is 19.0 Å². The van der Waals surface area contributed by atoms with Crippen molar-refractivity contribution in [2.24, 2.45) is 7.05 Å². The van der Waals surface area contributed by atoms with Crippen LogP contribution < -0.4 is 10.6 Å². The molecule has 3 rings (SSSR count). The number of benzene rings is 1. The van der Waals surface area contributed by atoms with Crippen molar-refractivity contribution in [2.45, 2.75) is 13.3 Å². The minimum atomic E-state index is -0.233. The van der Waals surface area contributed by atoms with Gasteiger partial charge in [-0.2, -0.15) is 5.10 Å². The molecule has 3 aromatic rings. The van der Waals surface area contributed by atoms with E-state index in [1.54, 1.807) is 10.9 Å². The number of nitrogens with zero attached hydrogens (tertiary/aromatic N) is 3. The van der Waals surface area contributed by atoms with Gasteiger partial charge in [-0.15, -0.1) is 0 Å². The largest absolute Gasteiger partial charge is 0.338 e. The summed E-state index contributed by atoms with van der Waals surface area (Å²) in [7, 11) is 1.85. The number of carbonyl (C=O) groups excluding carboxylic acids is 1. The fourth-order valence-electron chi connectivity index (χ4n) is 2.52. The number of aromatic nitrogens is 3. The molecule has 0 saturated carbocycles. The Bertz CT molecular complexity index is 826. The molecular formula is C17H19N5O. The molecule has 0 saturated heterocycles. The number of aryl methyl sites for hydroxylation is 2. The Balaban J connectivity index is 1.58. The monoisotopic (exact) mass is 309 g/mol. The highest BCUT2D eigenvalue weighted by Crippen LogP contribution is 2.19. The molecule has 0 aliphatic carbocycles. The normalized spacial score (nSPS) is 10.7. The first-order valence-electron chi connectivity index (χ1n) is 7.51. The molecule has 0 bridgehead atoms. The highest BCUT2D eigenvalue weighted by Gasteiger charge is 2.08. The Hall–Kier alpha value is -2.89. The molecule has 6 heteroatoms.